The SMILES string of the molecule is C=C(C)C(=O)OCCCCF. The zero-order valence-electron chi connectivity index (χ0n) is 6.73. The molecule has 0 fully saturated rings. The summed E-state index contributed by atoms with van der Waals surface area (Å²) in [6.07, 6.45) is 1.03. The topological polar surface area (TPSA) is 26.3 Å². The summed E-state index contributed by atoms with van der Waals surface area (Å²) in [7, 11) is 0. The number of ether oxygens (including phenoxy) is 1. The van der Waals surface area contributed by atoms with Crippen LogP contribution in [0.2, 0.25) is 0 Å². The summed E-state index contributed by atoms with van der Waals surface area (Å²) in [6.45, 7) is 4.92. The molecule has 0 rings (SSSR count). The molecule has 0 N–H and O–H groups in total. The molecule has 0 radical (unpaired) electrons. The van der Waals surface area contributed by atoms with Crippen molar-refractivity contribution in [2.24, 2.45) is 0 Å². The molecule has 0 atom stereocenters. The van der Waals surface area contributed by atoms with Crippen LogP contribution in [0.4, 0.5) is 4.39 Å². The van der Waals surface area contributed by atoms with Crippen LogP contribution < -0.4 is 0 Å². The van der Waals surface area contributed by atoms with E-state index in [0.29, 0.717) is 18.4 Å². The quantitative estimate of drug-likeness (QED) is 0.348. The van der Waals surface area contributed by atoms with Crippen molar-refractivity contribution in [3.05, 3.63) is 12.2 Å². The highest BCUT2D eigenvalue weighted by Crippen LogP contribution is 1.95. The van der Waals surface area contributed by atoms with Gasteiger partial charge in [-0.2, -0.15) is 0 Å². The zero-order chi connectivity index (χ0) is 8.69. The second kappa shape index (κ2) is 5.89. The van der Waals surface area contributed by atoms with Gasteiger partial charge in [-0.3, -0.25) is 4.39 Å². The molecule has 0 heterocycles. The number of carbonyl (C=O) groups is 1. The molecule has 0 saturated heterocycles. The molecule has 0 spiro atoms. The monoisotopic (exact) mass is 160 g/mol. The van der Waals surface area contributed by atoms with Crippen LogP contribution in [-0.4, -0.2) is 19.3 Å². The third kappa shape index (κ3) is 5.58. The maximum Gasteiger partial charge on any atom is 0.333 e. The lowest BCUT2D eigenvalue weighted by atomic mass is 10.3. The van der Waals surface area contributed by atoms with Gasteiger partial charge in [-0.15, -0.1) is 0 Å². The lowest BCUT2D eigenvalue weighted by Gasteiger charge is -2.01. The van der Waals surface area contributed by atoms with Crippen molar-refractivity contribution in [1.29, 1.82) is 0 Å². The molecule has 0 aliphatic rings. The summed E-state index contributed by atoms with van der Waals surface area (Å²) in [5.41, 5.74) is 0.380. The van der Waals surface area contributed by atoms with Gasteiger partial charge < -0.3 is 4.74 Å². The van der Waals surface area contributed by atoms with Crippen LogP contribution in [0.15, 0.2) is 12.2 Å². The van der Waals surface area contributed by atoms with Crippen LogP contribution >= 0.6 is 0 Å². The van der Waals surface area contributed by atoms with Crippen molar-refractivity contribution >= 4 is 5.97 Å². The van der Waals surface area contributed by atoms with Gasteiger partial charge in [-0.05, 0) is 19.8 Å². The Hall–Kier alpha value is -0.860. The Bertz CT molecular complexity index is 143. The molecule has 0 amide bonds. The number of carbonyl (C=O) groups excluding carboxylic acids is 1. The third-order valence-corrected chi connectivity index (χ3v) is 1.11. The number of halogens is 1. The molecule has 0 aromatic rings. The zero-order valence-corrected chi connectivity index (χ0v) is 6.73. The van der Waals surface area contributed by atoms with Crippen molar-refractivity contribution < 1.29 is 13.9 Å². The maximum absolute atomic E-state index is 11.5. The van der Waals surface area contributed by atoms with E-state index in [0.717, 1.165) is 0 Å². The van der Waals surface area contributed by atoms with E-state index in [2.05, 4.69) is 6.58 Å². The smallest absolute Gasteiger partial charge is 0.333 e. The highest BCUT2D eigenvalue weighted by Gasteiger charge is 2.00. The summed E-state index contributed by atoms with van der Waals surface area (Å²) in [5, 5.41) is 0. The minimum atomic E-state index is -0.399. The average Bonchev–Trinajstić information content (AvgIpc) is 1.97. The second-order valence-electron chi connectivity index (χ2n) is 2.31. The molecule has 0 aromatic heterocycles. The largest absolute Gasteiger partial charge is 0.462 e. The van der Waals surface area contributed by atoms with Crippen molar-refractivity contribution in [2.45, 2.75) is 19.8 Å². The Morgan fingerprint density at radius 3 is 2.64 bits per heavy atom. The predicted octanol–water partition coefficient (Wildman–Crippen LogP) is 1.86. The van der Waals surface area contributed by atoms with Gasteiger partial charge in [0.15, 0.2) is 0 Å². The van der Waals surface area contributed by atoms with Crippen LogP contribution in [0.3, 0.4) is 0 Å². The molecule has 64 valence electrons. The van der Waals surface area contributed by atoms with Gasteiger partial charge in [-0.25, -0.2) is 4.79 Å². The van der Waals surface area contributed by atoms with Gasteiger partial charge in [-0.1, -0.05) is 6.58 Å². The Morgan fingerprint density at radius 2 is 2.18 bits per heavy atom. The fourth-order valence-electron chi connectivity index (χ4n) is 0.485. The summed E-state index contributed by atoms with van der Waals surface area (Å²) >= 11 is 0. The summed E-state index contributed by atoms with van der Waals surface area (Å²) in [6, 6.07) is 0. The van der Waals surface area contributed by atoms with E-state index < -0.39 is 5.97 Å². The first kappa shape index (κ1) is 10.1. The fraction of sp³-hybridized carbons (Fsp3) is 0.625. The molecule has 0 saturated carbocycles. The van der Waals surface area contributed by atoms with E-state index in [1.54, 1.807) is 6.92 Å². The van der Waals surface area contributed by atoms with E-state index in [1.807, 2.05) is 0 Å². The van der Waals surface area contributed by atoms with Crippen molar-refractivity contribution in [3.63, 3.8) is 0 Å². The van der Waals surface area contributed by atoms with Gasteiger partial charge in [0.1, 0.15) is 0 Å². The minimum absolute atomic E-state index is 0.287. The standard InChI is InChI=1S/C8H13FO2/c1-7(2)8(10)11-6-4-3-5-9/h1,3-6H2,2H3. The van der Waals surface area contributed by atoms with E-state index in [1.165, 1.54) is 0 Å². The Morgan fingerprint density at radius 1 is 1.55 bits per heavy atom. The lowest BCUT2D eigenvalue weighted by Crippen LogP contribution is -2.06. The van der Waals surface area contributed by atoms with Crippen LogP contribution in [0.25, 0.3) is 0 Å². The number of hydrogen-bond donors (Lipinski definition) is 0. The summed E-state index contributed by atoms with van der Waals surface area (Å²) in [4.78, 5) is 10.7. The van der Waals surface area contributed by atoms with Crippen LogP contribution in [0.1, 0.15) is 19.8 Å². The molecule has 0 aromatic carbocycles. The van der Waals surface area contributed by atoms with Crippen molar-refractivity contribution in [1.82, 2.24) is 0 Å². The molecule has 2 nitrogen and oxygen atoms in total. The van der Waals surface area contributed by atoms with Crippen LogP contribution in [0.5, 0.6) is 0 Å². The Kier molecular flexibility index (Phi) is 5.43. The molecular weight excluding hydrogens is 147 g/mol. The molecule has 0 aliphatic heterocycles. The van der Waals surface area contributed by atoms with E-state index in [-0.39, 0.29) is 13.3 Å². The number of unbranched alkanes of at least 4 members (excludes halogenated alkanes) is 1. The average molecular weight is 160 g/mol. The van der Waals surface area contributed by atoms with Crippen LogP contribution in [0, 0.1) is 0 Å². The number of rotatable bonds is 5. The van der Waals surface area contributed by atoms with Gasteiger partial charge in [0, 0.05) is 5.57 Å². The Labute approximate surface area is 66.0 Å². The number of hydrogen-bond acceptors (Lipinski definition) is 2. The molecule has 11 heavy (non-hydrogen) atoms. The van der Waals surface area contributed by atoms with Gasteiger partial charge in [0.05, 0.1) is 13.3 Å². The van der Waals surface area contributed by atoms with E-state index in [9.17, 15) is 9.18 Å². The van der Waals surface area contributed by atoms with E-state index >= 15 is 0 Å². The summed E-state index contributed by atoms with van der Waals surface area (Å²) < 4.78 is 16.2. The maximum atomic E-state index is 11.5. The Balaban J connectivity index is 3.25. The minimum Gasteiger partial charge on any atom is -0.462 e. The molecule has 0 bridgehead atoms. The predicted molar refractivity (Wildman–Crippen MR) is 41.0 cm³/mol. The van der Waals surface area contributed by atoms with Gasteiger partial charge in [0.2, 0.25) is 0 Å². The third-order valence-electron chi connectivity index (χ3n) is 1.11. The number of esters is 1. The fourth-order valence-corrected chi connectivity index (χ4v) is 0.485. The molecular formula is C8H13FO2. The number of alkyl halides is 1. The van der Waals surface area contributed by atoms with Gasteiger partial charge in [0.25, 0.3) is 0 Å². The first-order chi connectivity index (χ1) is 5.18. The first-order valence-corrected chi connectivity index (χ1v) is 3.57. The molecule has 0 aliphatic carbocycles. The first-order valence-electron chi connectivity index (χ1n) is 3.57. The van der Waals surface area contributed by atoms with Gasteiger partial charge >= 0.3 is 5.97 Å². The molecule has 3 heteroatoms. The summed E-state index contributed by atoms with van der Waals surface area (Å²) in [5.74, 6) is -0.399. The highest BCUT2D eigenvalue weighted by atomic mass is 19.1. The molecule has 0 unspecified atom stereocenters. The van der Waals surface area contributed by atoms with Crippen molar-refractivity contribution in [3.8, 4) is 0 Å². The van der Waals surface area contributed by atoms with E-state index in [4.69, 9.17) is 4.74 Å². The van der Waals surface area contributed by atoms with Crippen molar-refractivity contribution in [2.75, 3.05) is 13.3 Å². The normalized spacial score (nSPS) is 9.27. The second-order valence-corrected chi connectivity index (χ2v) is 2.31. The highest BCUT2D eigenvalue weighted by molar-refractivity contribution is 5.86. The van der Waals surface area contributed by atoms with Crippen LogP contribution in [-0.2, 0) is 9.53 Å². The lowest BCUT2D eigenvalue weighted by molar-refractivity contribution is -0.139.